The van der Waals surface area contributed by atoms with E-state index in [1.165, 1.54) is 17.9 Å². The van der Waals surface area contributed by atoms with Gasteiger partial charge < -0.3 is 19.4 Å². The summed E-state index contributed by atoms with van der Waals surface area (Å²) in [5.74, 6) is -2.67. The zero-order chi connectivity index (χ0) is 13.0. The third-order valence-electron chi connectivity index (χ3n) is 2.06. The minimum absolute atomic E-state index is 0.0732. The van der Waals surface area contributed by atoms with Crippen molar-refractivity contribution in [2.24, 2.45) is 7.05 Å². The molecular formula is C9H10N4O4. The molecule has 0 N–H and O–H groups in total. The molecule has 0 fully saturated rings. The Labute approximate surface area is 96.6 Å². The van der Waals surface area contributed by atoms with Crippen LogP contribution in [0.3, 0.4) is 0 Å². The Bertz CT molecular complexity index is 488. The monoisotopic (exact) mass is 238 g/mol. The first-order chi connectivity index (χ1) is 8.02. The highest BCUT2D eigenvalue weighted by Crippen LogP contribution is 2.25. The smallest absolute Gasteiger partial charge is 0.386 e. The number of esters is 1. The molecule has 0 saturated heterocycles. The second kappa shape index (κ2) is 5.07. The number of ether oxygens (including phenoxy) is 1. The number of aryl methyl sites for hydroxylation is 1. The van der Waals surface area contributed by atoms with Gasteiger partial charge in [-0.3, -0.25) is 4.79 Å². The van der Waals surface area contributed by atoms with Crippen LogP contribution in [0.1, 0.15) is 18.5 Å². The summed E-state index contributed by atoms with van der Waals surface area (Å²) in [5, 5.41) is 19.6. The van der Waals surface area contributed by atoms with E-state index < -0.39 is 22.6 Å². The molecule has 0 aromatic carbocycles. The highest BCUT2D eigenvalue weighted by molar-refractivity contribution is 5.81. The fourth-order valence-corrected chi connectivity index (χ4v) is 1.35. The number of aromatic nitrogens is 2. The molecule has 8 heteroatoms. The summed E-state index contributed by atoms with van der Waals surface area (Å²) >= 11 is 0. The van der Waals surface area contributed by atoms with E-state index in [4.69, 9.17) is 5.26 Å². The lowest BCUT2D eigenvalue weighted by molar-refractivity contribution is -0.390. The van der Waals surface area contributed by atoms with Crippen LogP contribution >= 0.6 is 0 Å². The number of hydrogen-bond acceptors (Lipinski definition) is 6. The lowest BCUT2D eigenvalue weighted by atomic mass is 10.1. The molecule has 1 aromatic heterocycles. The van der Waals surface area contributed by atoms with Gasteiger partial charge in [0.2, 0.25) is 6.33 Å². The van der Waals surface area contributed by atoms with E-state index in [0.29, 0.717) is 0 Å². The second-order valence-corrected chi connectivity index (χ2v) is 3.14. The molecule has 0 spiro atoms. The fourth-order valence-electron chi connectivity index (χ4n) is 1.35. The number of imidazole rings is 1. The third-order valence-corrected chi connectivity index (χ3v) is 2.06. The van der Waals surface area contributed by atoms with Crippen LogP contribution in [0, 0.1) is 21.4 Å². The van der Waals surface area contributed by atoms with Crippen molar-refractivity contribution in [3.8, 4) is 6.07 Å². The van der Waals surface area contributed by atoms with Gasteiger partial charge in [-0.1, -0.05) is 0 Å². The van der Waals surface area contributed by atoms with E-state index in [2.05, 4.69) is 9.72 Å². The van der Waals surface area contributed by atoms with Crippen molar-refractivity contribution in [3.05, 3.63) is 22.1 Å². The largest absolute Gasteiger partial charge is 0.465 e. The quantitative estimate of drug-likeness (QED) is 0.429. The number of nitriles is 1. The van der Waals surface area contributed by atoms with Crippen LogP contribution in [0.4, 0.5) is 5.82 Å². The standard InChI is InChI=1S/C9H10N4O4/c1-3-17-9(14)6(4-10)7-8(13(15)16)11-5-12(7)2/h5-6H,3H2,1-2H3. The Morgan fingerprint density at radius 3 is 2.94 bits per heavy atom. The molecule has 0 aliphatic carbocycles. The van der Waals surface area contributed by atoms with Gasteiger partial charge in [0.25, 0.3) is 0 Å². The van der Waals surface area contributed by atoms with Gasteiger partial charge in [-0.05, 0) is 16.8 Å². The Hall–Kier alpha value is -2.43. The molecule has 0 aliphatic rings. The van der Waals surface area contributed by atoms with Crippen molar-refractivity contribution in [1.82, 2.24) is 9.55 Å². The molecule has 1 atom stereocenters. The molecule has 0 bridgehead atoms. The van der Waals surface area contributed by atoms with Crippen LogP contribution in [0.5, 0.6) is 0 Å². The van der Waals surface area contributed by atoms with Gasteiger partial charge in [-0.25, -0.2) is 0 Å². The predicted molar refractivity (Wildman–Crippen MR) is 54.8 cm³/mol. The first-order valence-electron chi connectivity index (χ1n) is 4.74. The highest BCUT2D eigenvalue weighted by Gasteiger charge is 2.33. The first-order valence-corrected chi connectivity index (χ1v) is 4.74. The van der Waals surface area contributed by atoms with E-state index in [1.54, 1.807) is 13.0 Å². The van der Waals surface area contributed by atoms with Gasteiger partial charge in [0.05, 0.1) is 12.7 Å². The van der Waals surface area contributed by atoms with Crippen molar-refractivity contribution in [1.29, 1.82) is 5.26 Å². The maximum atomic E-state index is 11.5. The number of carbonyl (C=O) groups is 1. The van der Waals surface area contributed by atoms with Crippen LogP contribution in [0.15, 0.2) is 6.33 Å². The van der Waals surface area contributed by atoms with Crippen LogP contribution in [0.25, 0.3) is 0 Å². The minimum atomic E-state index is -1.34. The number of rotatable bonds is 4. The molecule has 0 radical (unpaired) electrons. The SMILES string of the molecule is CCOC(=O)C(C#N)c1c([N+](=O)[O-])ncn1C. The zero-order valence-corrected chi connectivity index (χ0v) is 9.28. The summed E-state index contributed by atoms with van der Waals surface area (Å²) in [6.45, 7) is 1.69. The topological polar surface area (TPSA) is 111 Å². The maximum Gasteiger partial charge on any atom is 0.386 e. The Morgan fingerprint density at radius 2 is 2.47 bits per heavy atom. The van der Waals surface area contributed by atoms with E-state index >= 15 is 0 Å². The lowest BCUT2D eigenvalue weighted by Crippen LogP contribution is -2.18. The Kier molecular flexibility index (Phi) is 3.77. The van der Waals surface area contributed by atoms with Crippen molar-refractivity contribution in [2.45, 2.75) is 12.8 Å². The molecule has 8 nitrogen and oxygen atoms in total. The lowest BCUT2D eigenvalue weighted by Gasteiger charge is -2.08. The zero-order valence-electron chi connectivity index (χ0n) is 9.28. The van der Waals surface area contributed by atoms with E-state index in [0.717, 1.165) is 0 Å². The number of nitrogens with zero attached hydrogens (tertiary/aromatic N) is 4. The average molecular weight is 238 g/mol. The summed E-state index contributed by atoms with van der Waals surface area (Å²) in [4.78, 5) is 25.0. The van der Waals surface area contributed by atoms with Gasteiger partial charge >= 0.3 is 11.8 Å². The first kappa shape index (κ1) is 12.6. The molecule has 17 heavy (non-hydrogen) atoms. The molecule has 0 amide bonds. The van der Waals surface area contributed by atoms with Gasteiger partial charge in [0.15, 0.2) is 5.92 Å². The summed E-state index contributed by atoms with van der Waals surface area (Å²) in [7, 11) is 1.47. The average Bonchev–Trinajstić information content (AvgIpc) is 2.63. The van der Waals surface area contributed by atoms with Gasteiger partial charge in [-0.2, -0.15) is 5.26 Å². The number of nitro groups is 1. The molecule has 0 saturated carbocycles. The van der Waals surface area contributed by atoms with Crippen LogP contribution in [-0.2, 0) is 16.6 Å². The molecule has 0 aliphatic heterocycles. The highest BCUT2D eigenvalue weighted by atomic mass is 16.6. The summed E-state index contributed by atoms with van der Waals surface area (Å²) in [6.07, 6.45) is 1.18. The molecule has 1 heterocycles. The second-order valence-electron chi connectivity index (χ2n) is 3.14. The summed E-state index contributed by atoms with van der Waals surface area (Å²) < 4.78 is 5.95. The Morgan fingerprint density at radius 1 is 1.82 bits per heavy atom. The summed E-state index contributed by atoms with van der Waals surface area (Å²) in [5.41, 5.74) is -0.0732. The van der Waals surface area contributed by atoms with Crippen LogP contribution in [-0.4, -0.2) is 27.1 Å². The van der Waals surface area contributed by atoms with Crippen LogP contribution < -0.4 is 0 Å². The molecule has 1 aromatic rings. The van der Waals surface area contributed by atoms with Gasteiger partial charge in [-0.15, -0.1) is 0 Å². The van der Waals surface area contributed by atoms with E-state index in [1.807, 2.05) is 0 Å². The predicted octanol–water partition coefficient (Wildman–Crippen LogP) is 0.499. The molecule has 90 valence electrons. The van der Waals surface area contributed by atoms with Crippen molar-refractivity contribution in [3.63, 3.8) is 0 Å². The van der Waals surface area contributed by atoms with E-state index in [9.17, 15) is 14.9 Å². The molecule has 1 rings (SSSR count). The van der Waals surface area contributed by atoms with Crippen molar-refractivity contribution >= 4 is 11.8 Å². The van der Waals surface area contributed by atoms with Crippen molar-refractivity contribution < 1.29 is 14.5 Å². The van der Waals surface area contributed by atoms with Gasteiger partial charge in [0.1, 0.15) is 5.69 Å². The van der Waals surface area contributed by atoms with E-state index in [-0.39, 0.29) is 12.3 Å². The number of carbonyl (C=O) groups excluding carboxylic acids is 1. The normalized spacial score (nSPS) is 11.6. The van der Waals surface area contributed by atoms with Crippen molar-refractivity contribution in [2.75, 3.05) is 6.61 Å². The summed E-state index contributed by atoms with van der Waals surface area (Å²) in [6, 6.07) is 1.69. The van der Waals surface area contributed by atoms with Gasteiger partial charge in [0, 0.05) is 7.05 Å². The fraction of sp³-hybridized carbons (Fsp3) is 0.444. The number of hydrogen-bond donors (Lipinski definition) is 0. The minimum Gasteiger partial charge on any atom is -0.465 e. The van der Waals surface area contributed by atoms with Crippen LogP contribution in [0.2, 0.25) is 0 Å². The maximum absolute atomic E-state index is 11.5. The molecule has 1 unspecified atom stereocenters. The Balaban J connectivity index is 3.21. The molecular weight excluding hydrogens is 228 g/mol. The third kappa shape index (κ3) is 2.39.